The Hall–Kier alpha value is -0.970. The Labute approximate surface area is 58.6 Å². The Kier molecular flexibility index (Phi) is 2.33. The molecule has 0 aliphatic rings. The summed E-state index contributed by atoms with van der Waals surface area (Å²) in [4.78, 5) is 8.22. The van der Waals surface area contributed by atoms with Gasteiger partial charge in [0.15, 0.2) is 5.69 Å². The van der Waals surface area contributed by atoms with Gasteiger partial charge in [0, 0.05) is 24.5 Å². The fourth-order valence-corrected chi connectivity index (χ4v) is 0.606. The van der Waals surface area contributed by atoms with Crippen LogP contribution in [0.2, 0.25) is 0 Å². The number of rotatable bonds is 2. The number of quaternary nitrogens is 1. The second-order valence-corrected chi connectivity index (χ2v) is 1.73. The molecule has 0 bridgehead atoms. The van der Waals surface area contributed by atoms with E-state index in [2.05, 4.69) is 9.82 Å². The van der Waals surface area contributed by atoms with Crippen LogP contribution in [0.4, 0.5) is 5.69 Å². The van der Waals surface area contributed by atoms with Crippen molar-refractivity contribution < 1.29 is 10.1 Å². The number of nitrogens with one attached hydrogen (secondary N) is 1. The van der Waals surface area contributed by atoms with E-state index < -0.39 is 0 Å². The lowest BCUT2D eigenvalue weighted by Crippen LogP contribution is -3.00. The molecule has 1 heterocycles. The predicted molar refractivity (Wildman–Crippen MR) is 35.2 cm³/mol. The van der Waals surface area contributed by atoms with Gasteiger partial charge in [-0.2, -0.15) is 5.23 Å². The van der Waals surface area contributed by atoms with E-state index in [-0.39, 0.29) is 5.23 Å². The quantitative estimate of drug-likeness (QED) is 0.571. The van der Waals surface area contributed by atoms with Crippen LogP contribution in [0.15, 0.2) is 24.5 Å². The van der Waals surface area contributed by atoms with E-state index in [0.717, 1.165) is 0 Å². The van der Waals surface area contributed by atoms with Crippen LogP contribution in [-0.2, 0) is 4.84 Å². The summed E-state index contributed by atoms with van der Waals surface area (Å²) in [5, 5.41) is 10.4. The highest BCUT2D eigenvalue weighted by atomic mass is 16.9. The number of hydrogen-bond donors (Lipinski definition) is 1. The summed E-state index contributed by atoms with van der Waals surface area (Å²) < 4.78 is 0. The van der Waals surface area contributed by atoms with E-state index >= 15 is 0 Å². The summed E-state index contributed by atoms with van der Waals surface area (Å²) in [5.74, 6) is 0. The van der Waals surface area contributed by atoms with Crippen molar-refractivity contribution in [2.75, 3.05) is 7.11 Å². The maximum atomic E-state index is 10.8. The first-order valence-electron chi connectivity index (χ1n) is 2.83. The molecule has 4 heteroatoms. The Morgan fingerprint density at radius 1 is 1.50 bits per heavy atom. The van der Waals surface area contributed by atoms with Crippen LogP contribution in [0.3, 0.4) is 0 Å². The van der Waals surface area contributed by atoms with Gasteiger partial charge in [-0.1, -0.05) is 0 Å². The van der Waals surface area contributed by atoms with Gasteiger partial charge in [0.25, 0.3) is 0 Å². The molecule has 0 fully saturated rings. The van der Waals surface area contributed by atoms with Crippen LogP contribution in [-0.4, -0.2) is 12.1 Å². The van der Waals surface area contributed by atoms with E-state index in [1.165, 1.54) is 7.11 Å². The van der Waals surface area contributed by atoms with Gasteiger partial charge in [-0.3, -0.25) is 4.98 Å². The minimum atomic E-state index is -0.331. The first-order chi connectivity index (χ1) is 4.84. The van der Waals surface area contributed by atoms with Crippen molar-refractivity contribution in [3.8, 4) is 0 Å². The SMILES string of the molecule is CO[NH+]([O-])c1ccncc1. The molecule has 1 rings (SSSR count). The second-order valence-electron chi connectivity index (χ2n) is 1.73. The van der Waals surface area contributed by atoms with Crippen LogP contribution >= 0.6 is 0 Å². The monoisotopic (exact) mass is 140 g/mol. The number of pyridine rings is 1. The summed E-state index contributed by atoms with van der Waals surface area (Å²) in [6.07, 6.45) is 3.10. The maximum absolute atomic E-state index is 10.8. The molecule has 54 valence electrons. The third kappa shape index (κ3) is 1.51. The molecule has 0 saturated heterocycles. The lowest BCUT2D eigenvalue weighted by Gasteiger charge is -2.15. The molecule has 0 spiro atoms. The van der Waals surface area contributed by atoms with E-state index in [4.69, 9.17) is 0 Å². The molecule has 4 nitrogen and oxygen atoms in total. The van der Waals surface area contributed by atoms with Crippen LogP contribution in [0, 0.1) is 5.21 Å². The van der Waals surface area contributed by atoms with Gasteiger partial charge >= 0.3 is 0 Å². The summed E-state index contributed by atoms with van der Waals surface area (Å²) in [6, 6.07) is 3.21. The standard InChI is InChI=1S/C6H8N2O2/c1-10-8(9)6-2-4-7-5-3-6/h2-5,8H,1H3. The molecule has 0 aliphatic carbocycles. The van der Waals surface area contributed by atoms with Crippen molar-refractivity contribution in [3.05, 3.63) is 29.7 Å². The fourth-order valence-electron chi connectivity index (χ4n) is 0.606. The van der Waals surface area contributed by atoms with Crippen molar-refractivity contribution >= 4 is 5.69 Å². The lowest BCUT2D eigenvalue weighted by atomic mass is 10.4. The third-order valence-electron chi connectivity index (χ3n) is 1.10. The summed E-state index contributed by atoms with van der Waals surface area (Å²) in [5.41, 5.74) is 0.525. The largest absolute Gasteiger partial charge is 0.595 e. The first kappa shape index (κ1) is 7.14. The van der Waals surface area contributed by atoms with Gasteiger partial charge in [0.1, 0.15) is 0 Å². The Morgan fingerprint density at radius 2 is 2.10 bits per heavy atom. The molecule has 1 aromatic heterocycles. The van der Waals surface area contributed by atoms with E-state index in [1.807, 2.05) is 0 Å². The number of hydrogen-bond acceptors (Lipinski definition) is 3. The molecule has 0 amide bonds. The summed E-state index contributed by atoms with van der Waals surface area (Å²) in [7, 11) is 1.35. The van der Waals surface area contributed by atoms with Gasteiger partial charge in [-0.25, -0.2) is 4.84 Å². The fraction of sp³-hybridized carbons (Fsp3) is 0.167. The second kappa shape index (κ2) is 3.26. The Balaban J connectivity index is 2.75. The Bertz CT molecular complexity index is 190. The lowest BCUT2D eigenvalue weighted by molar-refractivity contribution is -0.992. The minimum Gasteiger partial charge on any atom is -0.595 e. The highest BCUT2D eigenvalue weighted by Gasteiger charge is 1.97. The molecule has 10 heavy (non-hydrogen) atoms. The van der Waals surface area contributed by atoms with Crippen molar-refractivity contribution in [3.63, 3.8) is 0 Å². The molecule has 0 aliphatic heterocycles. The van der Waals surface area contributed by atoms with Crippen LogP contribution in [0.25, 0.3) is 0 Å². The van der Waals surface area contributed by atoms with Crippen molar-refractivity contribution in [1.29, 1.82) is 0 Å². The van der Waals surface area contributed by atoms with Crippen LogP contribution in [0.5, 0.6) is 0 Å². The van der Waals surface area contributed by atoms with E-state index in [9.17, 15) is 5.21 Å². The zero-order valence-electron chi connectivity index (χ0n) is 5.57. The van der Waals surface area contributed by atoms with Crippen molar-refractivity contribution in [2.24, 2.45) is 0 Å². The molecule has 0 aromatic carbocycles. The zero-order valence-corrected chi connectivity index (χ0v) is 5.57. The third-order valence-corrected chi connectivity index (χ3v) is 1.10. The van der Waals surface area contributed by atoms with Gasteiger partial charge in [0.2, 0.25) is 0 Å². The van der Waals surface area contributed by atoms with Crippen LogP contribution < -0.4 is 5.23 Å². The van der Waals surface area contributed by atoms with Crippen molar-refractivity contribution in [2.45, 2.75) is 0 Å². The highest BCUT2D eigenvalue weighted by molar-refractivity contribution is 5.23. The maximum Gasteiger partial charge on any atom is 0.167 e. The number of aromatic nitrogens is 1. The molecular weight excluding hydrogens is 132 g/mol. The summed E-state index contributed by atoms with van der Waals surface area (Å²) in [6.45, 7) is 0. The Morgan fingerprint density at radius 3 is 2.60 bits per heavy atom. The molecular formula is C6H8N2O2. The van der Waals surface area contributed by atoms with Gasteiger partial charge in [-0.15, -0.1) is 0 Å². The molecule has 1 unspecified atom stereocenters. The zero-order chi connectivity index (χ0) is 7.40. The van der Waals surface area contributed by atoms with Crippen LogP contribution in [0.1, 0.15) is 0 Å². The van der Waals surface area contributed by atoms with Gasteiger partial charge in [0.05, 0.1) is 7.11 Å². The normalized spacial score (nSPS) is 13.0. The van der Waals surface area contributed by atoms with Gasteiger partial charge in [-0.05, 0) is 0 Å². The average molecular weight is 140 g/mol. The summed E-state index contributed by atoms with van der Waals surface area (Å²) >= 11 is 0. The molecule has 1 aromatic rings. The topological polar surface area (TPSA) is 49.6 Å². The molecule has 1 N–H and O–H groups in total. The molecule has 0 radical (unpaired) electrons. The van der Waals surface area contributed by atoms with Gasteiger partial charge < -0.3 is 5.21 Å². The molecule has 0 saturated carbocycles. The minimum absolute atomic E-state index is 0.331. The highest BCUT2D eigenvalue weighted by Crippen LogP contribution is 1.94. The molecule has 1 atom stereocenters. The van der Waals surface area contributed by atoms with E-state index in [1.54, 1.807) is 24.5 Å². The van der Waals surface area contributed by atoms with Crippen molar-refractivity contribution in [1.82, 2.24) is 4.98 Å². The first-order valence-corrected chi connectivity index (χ1v) is 2.83. The number of nitrogens with zero attached hydrogens (tertiary/aromatic N) is 1. The van der Waals surface area contributed by atoms with E-state index in [0.29, 0.717) is 5.69 Å². The smallest absolute Gasteiger partial charge is 0.167 e. The predicted octanol–water partition coefficient (Wildman–Crippen LogP) is -0.343. The average Bonchev–Trinajstić information content (AvgIpc) is 2.05.